The minimum atomic E-state index is -0.847. The SMILES string of the molecule is CNCc1ccc(NC(=C2C(=O)Nc3cc(Cl)ccc32)c2cccc(CCC(=O)O)c2)cc1. The number of aliphatic carboxylic acids is 1. The number of fused-ring (bicyclic) bond motifs is 1. The number of carbonyl (C=O) groups is 2. The zero-order valence-electron chi connectivity index (χ0n) is 18.1. The van der Waals surface area contributed by atoms with Crippen molar-refractivity contribution in [2.24, 2.45) is 0 Å². The molecule has 33 heavy (non-hydrogen) atoms. The lowest BCUT2D eigenvalue weighted by atomic mass is 9.97. The van der Waals surface area contributed by atoms with Crippen molar-refractivity contribution >= 4 is 46.1 Å². The molecule has 4 N–H and O–H groups in total. The van der Waals surface area contributed by atoms with E-state index < -0.39 is 5.97 Å². The van der Waals surface area contributed by atoms with Crippen LogP contribution in [-0.2, 0) is 22.6 Å². The van der Waals surface area contributed by atoms with Crippen molar-refractivity contribution in [2.45, 2.75) is 19.4 Å². The Hall–Kier alpha value is -3.61. The molecule has 0 aromatic heterocycles. The van der Waals surface area contributed by atoms with Crippen molar-refractivity contribution in [1.29, 1.82) is 0 Å². The Balaban J connectivity index is 1.80. The maximum absolute atomic E-state index is 13.0. The monoisotopic (exact) mass is 461 g/mol. The van der Waals surface area contributed by atoms with Gasteiger partial charge in [0.15, 0.2) is 0 Å². The van der Waals surface area contributed by atoms with Gasteiger partial charge in [-0.15, -0.1) is 0 Å². The standard InChI is InChI=1S/C26H24ClN3O3/c1-28-15-17-5-9-20(10-6-17)29-25(18-4-2-3-16(13-18)7-12-23(31)32)24-21-11-8-19(27)14-22(21)30-26(24)33/h2-6,8-11,13-14,28-29H,7,12,15H2,1H3,(H,30,33)(H,31,32). The molecular weight excluding hydrogens is 438 g/mol. The average Bonchev–Trinajstić information content (AvgIpc) is 3.12. The number of nitrogens with one attached hydrogen (secondary N) is 3. The molecule has 0 saturated carbocycles. The summed E-state index contributed by atoms with van der Waals surface area (Å²) in [5, 5.41) is 19.1. The van der Waals surface area contributed by atoms with Gasteiger partial charge in [0.05, 0.1) is 17.0 Å². The Morgan fingerprint density at radius 2 is 1.82 bits per heavy atom. The summed E-state index contributed by atoms with van der Waals surface area (Å²) in [7, 11) is 1.90. The fourth-order valence-corrected chi connectivity index (χ4v) is 4.03. The molecule has 0 fully saturated rings. The Labute approximate surface area is 197 Å². The molecule has 0 aliphatic carbocycles. The van der Waals surface area contributed by atoms with Gasteiger partial charge >= 0.3 is 5.97 Å². The molecule has 3 aromatic rings. The Bertz CT molecular complexity index is 1240. The third kappa shape index (κ3) is 5.25. The Kier molecular flexibility index (Phi) is 6.77. The molecule has 3 aromatic carbocycles. The lowest BCUT2D eigenvalue weighted by molar-refractivity contribution is -0.137. The minimum absolute atomic E-state index is 0.0392. The summed E-state index contributed by atoms with van der Waals surface area (Å²) in [6, 6.07) is 20.9. The van der Waals surface area contributed by atoms with Crippen LogP contribution in [0.5, 0.6) is 0 Å². The largest absolute Gasteiger partial charge is 0.481 e. The van der Waals surface area contributed by atoms with Crippen LogP contribution in [0.15, 0.2) is 66.7 Å². The first-order valence-electron chi connectivity index (χ1n) is 10.6. The zero-order valence-corrected chi connectivity index (χ0v) is 18.9. The number of hydrogen-bond donors (Lipinski definition) is 4. The summed E-state index contributed by atoms with van der Waals surface area (Å²) in [6.07, 6.45) is 0.445. The van der Waals surface area contributed by atoms with Crippen molar-refractivity contribution in [1.82, 2.24) is 5.32 Å². The lowest BCUT2D eigenvalue weighted by Crippen LogP contribution is -2.10. The molecule has 1 amide bonds. The Morgan fingerprint density at radius 3 is 2.55 bits per heavy atom. The molecule has 6 nitrogen and oxygen atoms in total. The van der Waals surface area contributed by atoms with Gasteiger partial charge in [0, 0.05) is 29.2 Å². The van der Waals surface area contributed by atoms with Crippen LogP contribution in [0, 0.1) is 0 Å². The highest BCUT2D eigenvalue weighted by atomic mass is 35.5. The maximum Gasteiger partial charge on any atom is 0.303 e. The summed E-state index contributed by atoms with van der Waals surface area (Å²) < 4.78 is 0. The van der Waals surface area contributed by atoms with Gasteiger partial charge in [-0.25, -0.2) is 0 Å². The number of hydrogen-bond acceptors (Lipinski definition) is 4. The van der Waals surface area contributed by atoms with Gasteiger partial charge in [0.2, 0.25) is 0 Å². The van der Waals surface area contributed by atoms with E-state index in [-0.39, 0.29) is 12.3 Å². The first kappa shape index (κ1) is 22.6. The first-order chi connectivity index (χ1) is 15.9. The van der Waals surface area contributed by atoms with E-state index in [9.17, 15) is 9.59 Å². The lowest BCUT2D eigenvalue weighted by Gasteiger charge is -2.16. The summed E-state index contributed by atoms with van der Waals surface area (Å²) in [5.41, 5.74) is 6.24. The molecule has 1 aliphatic heterocycles. The van der Waals surface area contributed by atoms with E-state index in [1.54, 1.807) is 12.1 Å². The van der Waals surface area contributed by atoms with E-state index >= 15 is 0 Å². The quantitative estimate of drug-likeness (QED) is 0.354. The first-order valence-corrected chi connectivity index (χ1v) is 11.0. The second-order valence-electron chi connectivity index (χ2n) is 7.84. The molecule has 0 atom stereocenters. The smallest absolute Gasteiger partial charge is 0.303 e. The van der Waals surface area contributed by atoms with Crippen molar-refractivity contribution in [3.8, 4) is 0 Å². The highest BCUT2D eigenvalue weighted by Crippen LogP contribution is 2.39. The molecule has 1 aliphatic rings. The molecule has 1 heterocycles. The van der Waals surface area contributed by atoms with Crippen molar-refractivity contribution in [3.63, 3.8) is 0 Å². The normalized spacial score (nSPS) is 13.9. The summed E-state index contributed by atoms with van der Waals surface area (Å²) in [5.74, 6) is -1.07. The van der Waals surface area contributed by atoms with E-state index in [1.807, 2.05) is 61.6 Å². The molecule has 0 spiro atoms. The van der Waals surface area contributed by atoms with Crippen LogP contribution in [-0.4, -0.2) is 24.0 Å². The van der Waals surface area contributed by atoms with Gasteiger partial charge in [0.1, 0.15) is 0 Å². The molecule has 7 heteroatoms. The van der Waals surface area contributed by atoms with Gasteiger partial charge in [-0.1, -0.05) is 48.0 Å². The average molecular weight is 462 g/mol. The number of rotatable bonds is 8. The van der Waals surface area contributed by atoms with Crippen LogP contribution in [0.3, 0.4) is 0 Å². The van der Waals surface area contributed by atoms with E-state index in [1.165, 1.54) is 0 Å². The number of benzene rings is 3. The van der Waals surface area contributed by atoms with E-state index in [0.717, 1.165) is 34.5 Å². The third-order valence-corrected chi connectivity index (χ3v) is 5.66. The van der Waals surface area contributed by atoms with E-state index in [4.69, 9.17) is 16.7 Å². The van der Waals surface area contributed by atoms with E-state index in [0.29, 0.717) is 28.4 Å². The van der Waals surface area contributed by atoms with Crippen LogP contribution in [0.1, 0.15) is 28.7 Å². The van der Waals surface area contributed by atoms with Crippen LogP contribution in [0.4, 0.5) is 11.4 Å². The third-order valence-electron chi connectivity index (χ3n) is 5.42. The van der Waals surface area contributed by atoms with Crippen molar-refractivity contribution in [2.75, 3.05) is 17.7 Å². The van der Waals surface area contributed by atoms with Gasteiger partial charge in [0.25, 0.3) is 5.91 Å². The maximum atomic E-state index is 13.0. The van der Waals surface area contributed by atoms with Crippen LogP contribution in [0.25, 0.3) is 11.3 Å². The van der Waals surface area contributed by atoms with Crippen molar-refractivity contribution < 1.29 is 14.7 Å². The van der Waals surface area contributed by atoms with E-state index in [2.05, 4.69) is 16.0 Å². The van der Waals surface area contributed by atoms with Crippen LogP contribution < -0.4 is 16.0 Å². The molecule has 0 bridgehead atoms. The summed E-state index contributed by atoms with van der Waals surface area (Å²) >= 11 is 6.13. The van der Waals surface area contributed by atoms with Gasteiger partial charge in [-0.3, -0.25) is 9.59 Å². The van der Waals surface area contributed by atoms with Gasteiger partial charge in [-0.05, 0) is 60.5 Å². The van der Waals surface area contributed by atoms with Crippen molar-refractivity contribution in [3.05, 3.63) is 94.0 Å². The van der Waals surface area contributed by atoms with Gasteiger partial charge < -0.3 is 21.1 Å². The fourth-order valence-electron chi connectivity index (χ4n) is 3.86. The molecule has 0 saturated heterocycles. The molecule has 0 radical (unpaired) electrons. The van der Waals surface area contributed by atoms with Crippen LogP contribution in [0.2, 0.25) is 5.02 Å². The number of carbonyl (C=O) groups excluding carboxylic acids is 1. The van der Waals surface area contributed by atoms with Gasteiger partial charge in [-0.2, -0.15) is 0 Å². The number of amides is 1. The molecular formula is C26H24ClN3O3. The number of carboxylic acids is 1. The number of halogens is 1. The van der Waals surface area contributed by atoms with Crippen LogP contribution >= 0.6 is 11.6 Å². The summed E-state index contributed by atoms with van der Waals surface area (Å²) in [6.45, 7) is 0.760. The number of carboxylic acid groups (broad SMARTS) is 1. The second-order valence-corrected chi connectivity index (χ2v) is 8.28. The fraction of sp³-hybridized carbons (Fsp3) is 0.154. The zero-order chi connectivity index (χ0) is 23.4. The summed E-state index contributed by atoms with van der Waals surface area (Å²) in [4.78, 5) is 24.1. The second kappa shape index (κ2) is 9.90. The number of anilines is 2. The Morgan fingerprint density at radius 1 is 1.03 bits per heavy atom. The molecule has 168 valence electrons. The highest BCUT2D eigenvalue weighted by molar-refractivity contribution is 6.38. The predicted molar refractivity (Wildman–Crippen MR) is 132 cm³/mol. The minimum Gasteiger partial charge on any atom is -0.481 e. The molecule has 4 rings (SSSR count). The number of aryl methyl sites for hydroxylation is 1. The highest BCUT2D eigenvalue weighted by Gasteiger charge is 2.28. The molecule has 0 unspecified atom stereocenters. The topological polar surface area (TPSA) is 90.5 Å². The predicted octanol–water partition coefficient (Wildman–Crippen LogP) is 5.01.